The Labute approximate surface area is 174 Å². The Morgan fingerprint density at radius 1 is 1.28 bits per heavy atom. The van der Waals surface area contributed by atoms with Crippen molar-refractivity contribution in [2.24, 2.45) is 0 Å². The smallest absolute Gasteiger partial charge is 0.243 e. The van der Waals surface area contributed by atoms with Gasteiger partial charge in [-0.25, -0.2) is 8.42 Å². The molecule has 1 aliphatic heterocycles. The van der Waals surface area contributed by atoms with Crippen molar-refractivity contribution in [3.8, 4) is 6.07 Å². The zero-order chi connectivity index (χ0) is 20.4. The lowest BCUT2D eigenvalue weighted by atomic mass is 9.96. The molecule has 2 aromatic carbocycles. The van der Waals surface area contributed by atoms with Crippen molar-refractivity contribution in [1.29, 1.82) is 5.26 Å². The Bertz CT molecular complexity index is 1140. The Hall–Kier alpha value is -2.73. The highest BCUT2D eigenvalue weighted by molar-refractivity contribution is 7.89. The monoisotopic (exact) mass is 424 g/mol. The van der Waals surface area contributed by atoms with Gasteiger partial charge in [0, 0.05) is 36.4 Å². The van der Waals surface area contributed by atoms with Gasteiger partial charge in [-0.05, 0) is 42.3 Å². The Kier molecular flexibility index (Phi) is 5.37. The number of sulfonamides is 1. The summed E-state index contributed by atoms with van der Waals surface area (Å²) in [6.07, 6.45) is 2.40. The molecule has 0 aliphatic carbocycles. The van der Waals surface area contributed by atoms with Gasteiger partial charge < -0.3 is 4.90 Å². The van der Waals surface area contributed by atoms with E-state index in [9.17, 15) is 13.7 Å². The lowest BCUT2D eigenvalue weighted by Crippen LogP contribution is -2.48. The highest BCUT2D eigenvalue weighted by Gasteiger charge is 2.33. The first-order valence-electron chi connectivity index (χ1n) is 9.17. The summed E-state index contributed by atoms with van der Waals surface area (Å²) in [4.78, 5) is 7.71. The maximum absolute atomic E-state index is 13.1. The topological polar surface area (TPSA) is 77.3 Å². The average molecular weight is 425 g/mol. The third-order valence-electron chi connectivity index (χ3n) is 5.20. The standard InChI is InChI=1S/C21H20N4O2S2/c1-24(29(26,27)20-5-3-2-4-6-20)18-10-17-9-16(11-22)7-8-21(17)25(13-18)14-19-12-23-15-28-19/h2-9,12,15,18H,10,13-14H2,1H3/t18-/m1/s1. The summed E-state index contributed by atoms with van der Waals surface area (Å²) < 4.78 is 27.7. The number of aromatic nitrogens is 1. The van der Waals surface area contributed by atoms with Crippen LogP contribution in [-0.2, 0) is 23.0 Å². The van der Waals surface area contributed by atoms with E-state index in [1.165, 1.54) is 4.31 Å². The zero-order valence-corrected chi connectivity index (χ0v) is 17.5. The van der Waals surface area contributed by atoms with Crippen molar-refractivity contribution in [2.75, 3.05) is 18.5 Å². The molecule has 29 heavy (non-hydrogen) atoms. The van der Waals surface area contributed by atoms with Crippen LogP contribution in [0, 0.1) is 11.3 Å². The number of thiazole rings is 1. The van der Waals surface area contributed by atoms with Crippen LogP contribution in [0.2, 0.25) is 0 Å². The van der Waals surface area contributed by atoms with Gasteiger partial charge in [0.2, 0.25) is 10.0 Å². The third kappa shape index (κ3) is 3.90. The van der Waals surface area contributed by atoms with Crippen LogP contribution in [0.15, 0.2) is 65.1 Å². The van der Waals surface area contributed by atoms with Gasteiger partial charge in [0.1, 0.15) is 0 Å². The lowest BCUT2D eigenvalue weighted by Gasteiger charge is -2.39. The lowest BCUT2D eigenvalue weighted by molar-refractivity contribution is 0.354. The maximum atomic E-state index is 13.1. The third-order valence-corrected chi connectivity index (χ3v) is 7.89. The van der Waals surface area contributed by atoms with E-state index in [1.54, 1.807) is 54.2 Å². The molecule has 2 heterocycles. The molecular formula is C21H20N4O2S2. The van der Waals surface area contributed by atoms with Gasteiger partial charge in [0.25, 0.3) is 0 Å². The minimum Gasteiger partial charge on any atom is -0.364 e. The first kappa shape index (κ1) is 19.6. The highest BCUT2D eigenvalue weighted by atomic mass is 32.2. The largest absolute Gasteiger partial charge is 0.364 e. The maximum Gasteiger partial charge on any atom is 0.243 e. The number of nitrogens with zero attached hydrogens (tertiary/aromatic N) is 4. The molecule has 0 unspecified atom stereocenters. The average Bonchev–Trinajstić information content (AvgIpc) is 3.26. The van der Waals surface area contributed by atoms with Crippen molar-refractivity contribution in [3.63, 3.8) is 0 Å². The van der Waals surface area contributed by atoms with Crippen LogP contribution >= 0.6 is 11.3 Å². The molecule has 0 fully saturated rings. The van der Waals surface area contributed by atoms with Crippen molar-refractivity contribution >= 4 is 27.0 Å². The zero-order valence-electron chi connectivity index (χ0n) is 15.9. The SMILES string of the molecule is CN([C@@H]1Cc2cc(C#N)ccc2N(Cc2cncs2)C1)S(=O)(=O)c1ccccc1. The second-order valence-electron chi connectivity index (χ2n) is 7.00. The molecule has 1 atom stereocenters. The number of nitriles is 1. The van der Waals surface area contributed by atoms with Gasteiger partial charge in [-0.1, -0.05) is 18.2 Å². The molecule has 0 radical (unpaired) electrons. The van der Waals surface area contributed by atoms with Crippen molar-refractivity contribution in [1.82, 2.24) is 9.29 Å². The van der Waals surface area contributed by atoms with E-state index < -0.39 is 10.0 Å². The number of benzene rings is 2. The molecule has 0 amide bonds. The Balaban J connectivity index is 1.69. The number of anilines is 1. The minimum absolute atomic E-state index is 0.241. The molecule has 3 aromatic rings. The van der Waals surface area contributed by atoms with Crippen LogP contribution in [0.1, 0.15) is 16.0 Å². The highest BCUT2D eigenvalue weighted by Crippen LogP contribution is 2.32. The summed E-state index contributed by atoms with van der Waals surface area (Å²) in [6.45, 7) is 1.22. The number of hydrogen-bond donors (Lipinski definition) is 0. The van der Waals surface area contributed by atoms with E-state index in [4.69, 9.17) is 0 Å². The van der Waals surface area contributed by atoms with Gasteiger partial charge >= 0.3 is 0 Å². The van der Waals surface area contributed by atoms with Gasteiger partial charge in [0.05, 0.1) is 28.6 Å². The van der Waals surface area contributed by atoms with Gasteiger partial charge in [-0.3, -0.25) is 4.98 Å². The van der Waals surface area contributed by atoms with Gasteiger partial charge in [-0.2, -0.15) is 9.57 Å². The molecule has 0 bridgehead atoms. The number of hydrogen-bond acceptors (Lipinski definition) is 6. The molecule has 8 heteroatoms. The number of rotatable bonds is 5. The molecular weight excluding hydrogens is 404 g/mol. The molecule has 0 saturated carbocycles. The fraction of sp³-hybridized carbons (Fsp3) is 0.238. The number of likely N-dealkylation sites (N-methyl/N-ethyl adjacent to an activating group) is 1. The molecule has 148 valence electrons. The van der Waals surface area contributed by atoms with Crippen molar-refractivity contribution in [2.45, 2.75) is 23.9 Å². The van der Waals surface area contributed by atoms with E-state index >= 15 is 0 Å². The van der Waals surface area contributed by atoms with Crippen molar-refractivity contribution < 1.29 is 8.42 Å². The van der Waals surface area contributed by atoms with Gasteiger partial charge in [0.15, 0.2) is 0 Å². The first-order chi connectivity index (χ1) is 14.0. The molecule has 0 saturated heterocycles. The molecule has 1 aliphatic rings. The quantitative estimate of drug-likeness (QED) is 0.628. The minimum atomic E-state index is -3.61. The Morgan fingerprint density at radius 3 is 2.76 bits per heavy atom. The molecule has 6 nitrogen and oxygen atoms in total. The molecule has 4 rings (SSSR count). The summed E-state index contributed by atoms with van der Waals surface area (Å²) in [5, 5.41) is 9.29. The second-order valence-corrected chi connectivity index (χ2v) is 9.96. The summed E-state index contributed by atoms with van der Waals surface area (Å²) in [5.74, 6) is 0. The summed E-state index contributed by atoms with van der Waals surface area (Å²) in [5.41, 5.74) is 4.40. The fourth-order valence-corrected chi connectivity index (χ4v) is 5.63. The summed E-state index contributed by atoms with van der Waals surface area (Å²) in [6, 6.07) is 16.1. The second kappa shape index (κ2) is 7.95. The van der Waals surface area contributed by atoms with Crippen LogP contribution in [0.3, 0.4) is 0 Å². The van der Waals surface area contributed by atoms with E-state index in [2.05, 4.69) is 16.0 Å². The van der Waals surface area contributed by atoms with E-state index in [-0.39, 0.29) is 10.9 Å². The van der Waals surface area contributed by atoms with Crippen LogP contribution < -0.4 is 4.90 Å². The molecule has 1 aromatic heterocycles. The van der Waals surface area contributed by atoms with Gasteiger partial charge in [-0.15, -0.1) is 11.3 Å². The molecule has 0 spiro atoms. The Morgan fingerprint density at radius 2 is 2.07 bits per heavy atom. The van der Waals surface area contributed by atoms with Crippen LogP contribution in [-0.4, -0.2) is 37.3 Å². The predicted molar refractivity (Wildman–Crippen MR) is 113 cm³/mol. The van der Waals surface area contributed by atoms with Crippen LogP contribution in [0.25, 0.3) is 0 Å². The predicted octanol–water partition coefficient (Wildman–Crippen LogP) is 3.27. The summed E-state index contributed by atoms with van der Waals surface area (Å²) >= 11 is 1.57. The first-order valence-corrected chi connectivity index (χ1v) is 11.5. The van der Waals surface area contributed by atoms with E-state index in [0.717, 1.165) is 16.1 Å². The van der Waals surface area contributed by atoms with E-state index in [0.29, 0.717) is 25.1 Å². The molecule has 0 N–H and O–H groups in total. The van der Waals surface area contributed by atoms with Crippen molar-refractivity contribution in [3.05, 3.63) is 76.2 Å². The normalized spacial score (nSPS) is 16.4. The van der Waals surface area contributed by atoms with Crippen LogP contribution in [0.5, 0.6) is 0 Å². The van der Waals surface area contributed by atoms with E-state index in [1.807, 2.05) is 24.4 Å². The van der Waals surface area contributed by atoms with Crippen LogP contribution in [0.4, 0.5) is 5.69 Å². The summed E-state index contributed by atoms with van der Waals surface area (Å²) in [7, 11) is -1.97. The number of fused-ring (bicyclic) bond motifs is 1. The fourth-order valence-electron chi connectivity index (χ4n) is 3.65.